The number of hydrogen-bond donors (Lipinski definition) is 2. The highest BCUT2D eigenvalue weighted by Gasteiger charge is 2.43. The molecule has 1 aliphatic heterocycles. The normalized spacial score (nSPS) is 23.7. The zero-order valence-corrected chi connectivity index (χ0v) is 17.6. The van der Waals surface area contributed by atoms with Gasteiger partial charge in [-0.1, -0.05) is 0 Å². The average molecular weight is 426 g/mol. The van der Waals surface area contributed by atoms with Gasteiger partial charge in [-0.15, -0.1) is 0 Å². The Hall–Kier alpha value is -3.43. The van der Waals surface area contributed by atoms with E-state index in [0.29, 0.717) is 32.1 Å². The Morgan fingerprint density at radius 2 is 2.03 bits per heavy atom. The van der Waals surface area contributed by atoms with Gasteiger partial charge in [0.1, 0.15) is 17.7 Å². The van der Waals surface area contributed by atoms with Crippen molar-refractivity contribution in [2.75, 3.05) is 0 Å². The Labute approximate surface area is 179 Å². The molecule has 0 bridgehead atoms. The molecule has 4 amide bonds. The van der Waals surface area contributed by atoms with Crippen molar-refractivity contribution in [1.82, 2.24) is 25.0 Å². The number of amides is 4. The van der Waals surface area contributed by atoms with Crippen LogP contribution in [0.1, 0.15) is 47.3 Å². The second kappa shape index (κ2) is 8.37. The fraction of sp³-hybridized carbons (Fsp3) is 0.476. The van der Waals surface area contributed by atoms with Crippen LogP contribution in [0.5, 0.6) is 5.88 Å². The third-order valence-electron chi connectivity index (χ3n) is 6.14. The van der Waals surface area contributed by atoms with E-state index in [9.17, 15) is 14.4 Å². The van der Waals surface area contributed by atoms with Gasteiger partial charge in [0.25, 0.3) is 11.8 Å². The first-order chi connectivity index (χ1) is 14.8. The number of carbonyl (C=O) groups is 3. The second-order valence-electron chi connectivity index (χ2n) is 8.06. The van der Waals surface area contributed by atoms with E-state index in [1.165, 1.54) is 4.90 Å². The molecular weight excluding hydrogens is 400 g/mol. The molecule has 164 valence electrons. The van der Waals surface area contributed by atoms with Gasteiger partial charge in [-0.2, -0.15) is 5.10 Å². The van der Waals surface area contributed by atoms with Crippen LogP contribution >= 0.6 is 0 Å². The fourth-order valence-corrected chi connectivity index (χ4v) is 4.25. The largest absolute Gasteiger partial charge is 0.474 e. The lowest BCUT2D eigenvalue weighted by Crippen LogP contribution is -2.44. The van der Waals surface area contributed by atoms with Gasteiger partial charge in [-0.25, -0.2) is 9.78 Å². The predicted molar refractivity (Wildman–Crippen MR) is 110 cm³/mol. The van der Waals surface area contributed by atoms with Gasteiger partial charge in [-0.05, 0) is 50.3 Å². The van der Waals surface area contributed by atoms with Gasteiger partial charge in [0.15, 0.2) is 0 Å². The van der Waals surface area contributed by atoms with Gasteiger partial charge < -0.3 is 15.8 Å². The Bertz CT molecular complexity index is 1010. The maximum Gasteiger partial charge on any atom is 0.325 e. The number of aryl methyl sites for hydroxylation is 1. The molecule has 1 aliphatic carbocycles. The highest BCUT2D eigenvalue weighted by Crippen LogP contribution is 2.29. The van der Waals surface area contributed by atoms with E-state index in [1.54, 1.807) is 29.2 Å². The minimum atomic E-state index is -0.592. The van der Waals surface area contributed by atoms with E-state index in [0.717, 1.165) is 11.3 Å². The van der Waals surface area contributed by atoms with Crippen LogP contribution in [0, 0.1) is 6.92 Å². The highest BCUT2D eigenvalue weighted by atomic mass is 16.5. The second-order valence-corrected chi connectivity index (χ2v) is 8.06. The number of urea groups is 1. The quantitative estimate of drug-likeness (QED) is 0.664. The summed E-state index contributed by atoms with van der Waals surface area (Å²) in [6.07, 6.45) is 6.09. The van der Waals surface area contributed by atoms with E-state index in [1.807, 2.05) is 14.0 Å². The number of rotatable bonds is 6. The summed E-state index contributed by atoms with van der Waals surface area (Å²) < 4.78 is 7.65. The molecule has 4 rings (SSSR count). The molecule has 31 heavy (non-hydrogen) atoms. The minimum Gasteiger partial charge on any atom is -0.474 e. The maximum absolute atomic E-state index is 13.0. The lowest BCUT2D eigenvalue weighted by atomic mass is 9.91. The van der Waals surface area contributed by atoms with Crippen molar-refractivity contribution in [2.24, 2.45) is 12.8 Å². The molecule has 0 radical (unpaired) electrons. The molecule has 2 aliphatic rings. The minimum absolute atomic E-state index is 0.154. The first kappa shape index (κ1) is 20.8. The number of ether oxygens (including phenoxy) is 1. The van der Waals surface area contributed by atoms with Crippen LogP contribution in [0.4, 0.5) is 4.79 Å². The molecule has 1 unspecified atom stereocenters. The van der Waals surface area contributed by atoms with Gasteiger partial charge in [-0.3, -0.25) is 19.2 Å². The van der Waals surface area contributed by atoms with Crippen molar-refractivity contribution < 1.29 is 19.1 Å². The molecule has 3 N–H and O–H groups in total. The van der Waals surface area contributed by atoms with Crippen molar-refractivity contribution in [3.05, 3.63) is 41.3 Å². The topological polar surface area (TPSA) is 132 Å². The number of nitrogens with zero attached hydrogens (tertiary/aromatic N) is 4. The van der Waals surface area contributed by atoms with Gasteiger partial charge in [0.05, 0.1) is 6.20 Å². The van der Waals surface area contributed by atoms with Crippen LogP contribution in [0.25, 0.3) is 0 Å². The Kier molecular flexibility index (Phi) is 5.62. The van der Waals surface area contributed by atoms with E-state index in [-0.39, 0.29) is 35.5 Å². The Balaban J connectivity index is 1.36. The molecule has 2 fully saturated rings. The number of carbonyl (C=O) groups excluding carboxylic acids is 3. The van der Waals surface area contributed by atoms with E-state index >= 15 is 0 Å². The molecule has 0 spiro atoms. The van der Waals surface area contributed by atoms with Crippen molar-refractivity contribution in [3.8, 4) is 5.88 Å². The molecule has 1 saturated heterocycles. The molecule has 1 saturated carbocycles. The number of pyridine rings is 1. The monoisotopic (exact) mass is 426 g/mol. The van der Waals surface area contributed by atoms with Gasteiger partial charge in [0, 0.05) is 31.4 Å². The highest BCUT2D eigenvalue weighted by molar-refractivity contribution is 6.04. The summed E-state index contributed by atoms with van der Waals surface area (Å²) >= 11 is 0. The number of hydrogen-bond acceptors (Lipinski definition) is 6. The number of nitrogens with one attached hydrogen (secondary N) is 1. The standard InChI is InChI=1S/C21H26N6O4/c1-12-13(11-24-26(12)2)10-17-20(29)27(21(30)25-17)14-5-7-15(8-6-14)31-19-16(18(22)28)4-3-9-23-19/h3-4,9,11,14-15,17H,5-8,10H2,1-2H3,(H2,22,28)(H,25,30)/t14-,15-,17?. The van der Waals surface area contributed by atoms with E-state index in [4.69, 9.17) is 10.5 Å². The summed E-state index contributed by atoms with van der Waals surface area (Å²) in [6, 6.07) is 2.11. The summed E-state index contributed by atoms with van der Waals surface area (Å²) in [7, 11) is 1.85. The first-order valence-corrected chi connectivity index (χ1v) is 10.4. The number of nitrogens with two attached hydrogens (primary N) is 1. The molecule has 2 aromatic heterocycles. The van der Waals surface area contributed by atoms with Crippen molar-refractivity contribution in [1.29, 1.82) is 0 Å². The first-order valence-electron chi connectivity index (χ1n) is 10.4. The summed E-state index contributed by atoms with van der Waals surface area (Å²) in [5.74, 6) is -0.565. The van der Waals surface area contributed by atoms with Crippen LogP contribution in [-0.4, -0.2) is 55.7 Å². The van der Waals surface area contributed by atoms with Crippen molar-refractivity contribution >= 4 is 17.8 Å². The van der Waals surface area contributed by atoms with Crippen LogP contribution in [0.2, 0.25) is 0 Å². The molecular formula is C21H26N6O4. The Morgan fingerprint density at radius 3 is 2.68 bits per heavy atom. The smallest absolute Gasteiger partial charge is 0.325 e. The summed E-state index contributed by atoms with van der Waals surface area (Å²) in [5.41, 5.74) is 7.54. The van der Waals surface area contributed by atoms with Crippen molar-refractivity contribution in [3.63, 3.8) is 0 Å². The van der Waals surface area contributed by atoms with E-state index < -0.39 is 11.9 Å². The molecule has 10 heteroatoms. The van der Waals surface area contributed by atoms with Gasteiger partial charge in [0.2, 0.25) is 5.88 Å². The Morgan fingerprint density at radius 1 is 1.29 bits per heavy atom. The summed E-state index contributed by atoms with van der Waals surface area (Å²) in [5, 5.41) is 7.02. The summed E-state index contributed by atoms with van der Waals surface area (Å²) in [4.78, 5) is 42.5. The lowest BCUT2D eigenvalue weighted by molar-refractivity contribution is -0.129. The number of primary amides is 1. The van der Waals surface area contributed by atoms with Crippen molar-refractivity contribution in [2.45, 2.75) is 57.2 Å². The maximum atomic E-state index is 13.0. The average Bonchev–Trinajstić information content (AvgIpc) is 3.21. The molecule has 2 aromatic rings. The zero-order chi connectivity index (χ0) is 22.1. The number of imide groups is 1. The fourth-order valence-electron chi connectivity index (χ4n) is 4.25. The predicted octanol–water partition coefficient (Wildman–Crippen LogP) is 1.08. The molecule has 10 nitrogen and oxygen atoms in total. The van der Waals surface area contributed by atoms with E-state index in [2.05, 4.69) is 15.4 Å². The number of aromatic nitrogens is 3. The SMILES string of the molecule is Cc1c(CC2NC(=O)N([C@H]3CC[C@H](Oc4ncccc4C(N)=O)CC3)C2=O)cnn1C. The van der Waals surface area contributed by atoms with Gasteiger partial charge >= 0.3 is 6.03 Å². The summed E-state index contributed by atoms with van der Waals surface area (Å²) in [6.45, 7) is 1.94. The van der Waals surface area contributed by atoms with Crippen LogP contribution < -0.4 is 15.8 Å². The third-order valence-corrected chi connectivity index (χ3v) is 6.14. The molecule has 1 atom stereocenters. The third kappa shape index (κ3) is 4.10. The molecule has 3 heterocycles. The molecule has 0 aromatic carbocycles. The van der Waals surface area contributed by atoms with Crippen LogP contribution in [-0.2, 0) is 18.3 Å². The van der Waals surface area contributed by atoms with Crippen LogP contribution in [0.15, 0.2) is 24.5 Å². The zero-order valence-electron chi connectivity index (χ0n) is 17.6. The lowest BCUT2D eigenvalue weighted by Gasteiger charge is -2.33. The van der Waals surface area contributed by atoms with Crippen LogP contribution in [0.3, 0.4) is 0 Å².